The van der Waals surface area contributed by atoms with Gasteiger partial charge in [-0.15, -0.1) is 11.3 Å². The summed E-state index contributed by atoms with van der Waals surface area (Å²) in [7, 11) is 4.00. The second-order valence-corrected chi connectivity index (χ2v) is 12.1. The minimum Gasteiger partial charge on any atom is -0.383 e. The molecule has 2 saturated heterocycles. The number of aliphatic imine (C=N–C) groups is 1. The minimum absolute atomic E-state index is 0.0136. The zero-order chi connectivity index (χ0) is 23.8. The fourth-order valence-electron chi connectivity index (χ4n) is 4.10. The number of nitriles is 1. The van der Waals surface area contributed by atoms with Crippen LogP contribution < -0.4 is 16.0 Å². The maximum absolute atomic E-state index is 12.5. The first-order valence-corrected chi connectivity index (χ1v) is 14.9. The van der Waals surface area contributed by atoms with Gasteiger partial charge in [-0.1, -0.05) is 34.1 Å². The predicted molar refractivity (Wildman–Crippen MR) is 145 cm³/mol. The highest BCUT2D eigenvalue weighted by atomic mass is 33.1. The van der Waals surface area contributed by atoms with E-state index < -0.39 is 0 Å². The molecule has 2 aromatic rings. The number of carbonyl (C=O) groups is 1. The van der Waals surface area contributed by atoms with Gasteiger partial charge in [-0.05, 0) is 48.9 Å². The molecule has 10 heteroatoms. The molecule has 0 spiro atoms. The number of hydrogen-bond donors (Lipinski definition) is 2. The molecule has 3 heterocycles. The Hall–Kier alpha value is -2.35. The quantitative estimate of drug-likeness (QED) is 0.227. The monoisotopic (exact) mass is 514 g/mol. The van der Waals surface area contributed by atoms with Crippen molar-refractivity contribution in [2.24, 2.45) is 10.7 Å². The molecule has 1 aromatic heterocycles. The summed E-state index contributed by atoms with van der Waals surface area (Å²) in [5.41, 5.74) is 8.19. The molecule has 2 aliphatic rings. The van der Waals surface area contributed by atoms with Gasteiger partial charge < -0.3 is 20.9 Å². The fourth-order valence-corrected chi connectivity index (χ4v) is 7.75. The Labute approximate surface area is 213 Å². The lowest BCUT2D eigenvalue weighted by molar-refractivity contribution is 0.194. The molecule has 3 N–H and O–H groups in total. The zero-order valence-electron chi connectivity index (χ0n) is 19.1. The van der Waals surface area contributed by atoms with Crippen LogP contribution in [0.5, 0.6) is 0 Å². The number of carbonyl (C=O) groups excluding carboxylic acids is 1. The van der Waals surface area contributed by atoms with Crippen molar-refractivity contribution >= 4 is 56.2 Å². The second-order valence-electron chi connectivity index (χ2n) is 8.32. The molecule has 0 radical (unpaired) electrons. The van der Waals surface area contributed by atoms with E-state index in [2.05, 4.69) is 21.3 Å². The number of urea groups is 1. The number of unbranched alkanes of at least 4 members (excludes halogenated alkanes) is 1. The van der Waals surface area contributed by atoms with Gasteiger partial charge in [-0.25, -0.2) is 9.79 Å². The Morgan fingerprint density at radius 1 is 1.24 bits per heavy atom. The van der Waals surface area contributed by atoms with E-state index in [4.69, 9.17) is 5.73 Å². The van der Waals surface area contributed by atoms with Crippen molar-refractivity contribution in [3.8, 4) is 6.07 Å². The van der Waals surface area contributed by atoms with E-state index >= 15 is 0 Å². The average Bonchev–Trinajstić information content (AvgIpc) is 3.58. The minimum atomic E-state index is 0.0136. The Kier molecular flexibility index (Phi) is 9.02. The summed E-state index contributed by atoms with van der Waals surface area (Å²) in [4.78, 5) is 21.9. The van der Waals surface area contributed by atoms with Crippen molar-refractivity contribution in [2.45, 2.75) is 30.9 Å². The van der Waals surface area contributed by atoms with Gasteiger partial charge in [-0.2, -0.15) is 5.26 Å². The van der Waals surface area contributed by atoms with Crippen molar-refractivity contribution in [1.82, 2.24) is 10.2 Å². The summed E-state index contributed by atoms with van der Waals surface area (Å²) in [6.07, 6.45) is 4.77. The molecule has 2 fully saturated rings. The standard InChI is InChI=1S/C24H30N6OS3/c25-17-18-16-19(28-23(26)22-5-3-14-32-22)6-7-21(18)29-10-12-30(13-11-29)24(31)27-9-2-1-4-20-8-15-33-34-20/h3,5-7,14,16,20H,1-2,4,8-13,15H2,(H2,26,28)(H,27,31). The third kappa shape index (κ3) is 6.62. The lowest BCUT2D eigenvalue weighted by Crippen LogP contribution is -2.52. The number of rotatable bonds is 8. The molecule has 2 amide bonds. The smallest absolute Gasteiger partial charge is 0.317 e. The molecule has 34 heavy (non-hydrogen) atoms. The highest BCUT2D eigenvalue weighted by Gasteiger charge is 2.23. The van der Waals surface area contributed by atoms with E-state index in [1.54, 1.807) is 6.07 Å². The predicted octanol–water partition coefficient (Wildman–Crippen LogP) is 4.81. The van der Waals surface area contributed by atoms with Crippen LogP contribution >= 0.6 is 32.9 Å². The van der Waals surface area contributed by atoms with Gasteiger partial charge in [0.1, 0.15) is 11.9 Å². The number of amides is 2. The van der Waals surface area contributed by atoms with Crippen LogP contribution in [0.25, 0.3) is 0 Å². The van der Waals surface area contributed by atoms with Crippen LogP contribution in [0.15, 0.2) is 40.7 Å². The number of hydrogen-bond acceptors (Lipinski definition) is 7. The summed E-state index contributed by atoms with van der Waals surface area (Å²) in [6.45, 7) is 3.39. The van der Waals surface area contributed by atoms with Crippen molar-refractivity contribution < 1.29 is 4.79 Å². The summed E-state index contributed by atoms with van der Waals surface area (Å²) in [5.74, 6) is 1.72. The first-order valence-electron chi connectivity index (χ1n) is 11.6. The third-order valence-corrected chi connectivity index (χ3v) is 9.89. The summed E-state index contributed by atoms with van der Waals surface area (Å²) in [5, 5.41) is 15.5. The van der Waals surface area contributed by atoms with E-state index in [-0.39, 0.29) is 6.03 Å². The first kappa shape index (κ1) is 24.8. The summed E-state index contributed by atoms with van der Waals surface area (Å²) < 4.78 is 0. The fraction of sp³-hybridized carbons (Fsp3) is 0.458. The van der Waals surface area contributed by atoms with Crippen LogP contribution in [-0.2, 0) is 0 Å². The van der Waals surface area contributed by atoms with E-state index in [1.807, 2.05) is 56.1 Å². The Morgan fingerprint density at radius 2 is 2.09 bits per heavy atom. The van der Waals surface area contributed by atoms with Crippen LogP contribution in [0, 0.1) is 11.3 Å². The number of amidine groups is 1. The molecule has 7 nitrogen and oxygen atoms in total. The van der Waals surface area contributed by atoms with E-state index in [0.717, 1.165) is 28.8 Å². The highest BCUT2D eigenvalue weighted by molar-refractivity contribution is 8.77. The third-order valence-electron chi connectivity index (χ3n) is 5.99. The number of thiophene rings is 1. The van der Waals surface area contributed by atoms with Crippen molar-refractivity contribution in [3.05, 3.63) is 46.2 Å². The second kappa shape index (κ2) is 12.4. The number of piperazine rings is 1. The van der Waals surface area contributed by atoms with Gasteiger partial charge in [0.15, 0.2) is 0 Å². The van der Waals surface area contributed by atoms with Crippen LogP contribution in [0.1, 0.15) is 36.1 Å². The molecule has 0 bridgehead atoms. The topological polar surface area (TPSA) is 97.8 Å². The molecule has 2 aliphatic heterocycles. The van der Waals surface area contributed by atoms with Gasteiger partial charge in [0, 0.05) is 43.7 Å². The van der Waals surface area contributed by atoms with Crippen molar-refractivity contribution in [2.75, 3.05) is 43.4 Å². The van der Waals surface area contributed by atoms with Gasteiger partial charge in [0.2, 0.25) is 0 Å². The van der Waals surface area contributed by atoms with Crippen LogP contribution in [0.2, 0.25) is 0 Å². The van der Waals surface area contributed by atoms with Gasteiger partial charge in [0.05, 0.1) is 21.8 Å². The van der Waals surface area contributed by atoms with Gasteiger partial charge in [-0.3, -0.25) is 0 Å². The molecule has 4 rings (SSSR count). The summed E-state index contributed by atoms with van der Waals surface area (Å²) >= 11 is 1.53. The highest BCUT2D eigenvalue weighted by Crippen LogP contribution is 2.39. The maximum atomic E-state index is 12.5. The van der Waals surface area contributed by atoms with Crippen molar-refractivity contribution in [3.63, 3.8) is 0 Å². The molecule has 180 valence electrons. The molecule has 0 aliphatic carbocycles. The molecule has 1 atom stereocenters. The zero-order valence-corrected chi connectivity index (χ0v) is 21.6. The maximum Gasteiger partial charge on any atom is 0.317 e. The lowest BCUT2D eigenvalue weighted by atomic mass is 10.1. The number of nitrogens with two attached hydrogens (primary N) is 1. The summed E-state index contributed by atoms with van der Waals surface area (Å²) in [6, 6.07) is 11.8. The number of anilines is 1. The van der Waals surface area contributed by atoms with Crippen LogP contribution in [0.4, 0.5) is 16.2 Å². The van der Waals surface area contributed by atoms with E-state index in [9.17, 15) is 10.1 Å². The molecular weight excluding hydrogens is 485 g/mol. The Morgan fingerprint density at radius 3 is 2.79 bits per heavy atom. The molecule has 1 unspecified atom stereocenters. The Balaban J connectivity index is 1.25. The normalized spacial score (nSPS) is 18.7. The SMILES string of the molecule is N#Cc1cc(/N=C(\N)c2cccs2)ccc1N1CCN(C(=O)NCCCCC2CCSS2)CC1. The van der Waals surface area contributed by atoms with Gasteiger partial charge >= 0.3 is 6.03 Å². The largest absolute Gasteiger partial charge is 0.383 e. The number of nitrogens with zero attached hydrogens (tertiary/aromatic N) is 4. The van der Waals surface area contributed by atoms with Crippen LogP contribution in [-0.4, -0.2) is 60.5 Å². The Bertz CT molecular complexity index is 1020. The average molecular weight is 515 g/mol. The van der Waals surface area contributed by atoms with E-state index in [1.165, 1.54) is 36.4 Å². The molecular formula is C24H30N6OS3. The van der Waals surface area contributed by atoms with Crippen LogP contribution in [0.3, 0.4) is 0 Å². The number of benzene rings is 1. The van der Waals surface area contributed by atoms with E-state index in [0.29, 0.717) is 43.3 Å². The first-order chi connectivity index (χ1) is 16.6. The molecule has 0 saturated carbocycles. The lowest BCUT2D eigenvalue weighted by Gasteiger charge is -2.36. The number of nitrogens with one attached hydrogen (secondary N) is 1. The van der Waals surface area contributed by atoms with Crippen molar-refractivity contribution in [1.29, 1.82) is 5.26 Å². The van der Waals surface area contributed by atoms with Gasteiger partial charge in [0.25, 0.3) is 0 Å². The molecule has 1 aromatic carbocycles.